The van der Waals surface area contributed by atoms with Crippen molar-refractivity contribution in [1.29, 1.82) is 0 Å². The molecule has 0 spiro atoms. The largest absolute Gasteiger partial charge is 0.394 e. The zero-order valence-corrected chi connectivity index (χ0v) is 23.2. The van der Waals surface area contributed by atoms with Gasteiger partial charge in [-0.3, -0.25) is 0 Å². The van der Waals surface area contributed by atoms with Crippen molar-refractivity contribution < 1.29 is 38.6 Å². The molecule has 0 aliphatic carbocycles. The second-order valence-corrected chi connectivity index (χ2v) is 11.9. The first kappa shape index (κ1) is 28.2. The van der Waals surface area contributed by atoms with Crippen LogP contribution in [-0.2, 0) is 41.6 Å². The third-order valence-electron chi connectivity index (χ3n) is 9.00. The minimum absolute atomic E-state index is 0.0911. The van der Waals surface area contributed by atoms with E-state index < -0.39 is 17.8 Å². The minimum Gasteiger partial charge on any atom is -0.394 e. The van der Waals surface area contributed by atoms with E-state index in [1.165, 1.54) is 0 Å². The number of ether oxygens (including phenoxy) is 6. The molecule has 4 fully saturated rings. The molecule has 218 valence electrons. The molecule has 0 bridgehead atoms. The molecule has 4 saturated heterocycles. The van der Waals surface area contributed by atoms with E-state index in [9.17, 15) is 10.2 Å². The van der Waals surface area contributed by atoms with Crippen LogP contribution in [0.4, 0.5) is 0 Å². The summed E-state index contributed by atoms with van der Waals surface area (Å²) in [6.07, 6.45) is 0.856. The smallest absolute Gasteiger partial charge is 0.108 e. The number of aliphatic hydroxyl groups excluding tert-OH is 2. The van der Waals surface area contributed by atoms with Gasteiger partial charge in [0.15, 0.2) is 0 Å². The summed E-state index contributed by atoms with van der Waals surface area (Å²) in [7, 11) is 0. The van der Waals surface area contributed by atoms with Crippen LogP contribution in [0.2, 0.25) is 0 Å². The van der Waals surface area contributed by atoms with Gasteiger partial charge in [-0.05, 0) is 30.9 Å². The van der Waals surface area contributed by atoms with E-state index in [0.717, 1.165) is 24.0 Å². The molecule has 8 heteroatoms. The van der Waals surface area contributed by atoms with Gasteiger partial charge in [0.05, 0.1) is 74.8 Å². The standard InChI is InChI=1S/C32H42O8/c1-32-13-12-24-26(39-31(32)16-27-28(40-32)14-23(34)29(17-33)38-27)15-25(36-19-22-10-6-3-7-11-22)30(37-24)20-35-18-21-8-4-2-5-9-21/h2-11,23-31,33-34H,12-20H2,1H3/t23-,24+,25+,26-,27-,28+,29+,30-,31+,32-/m0/s1. The Bertz CT molecular complexity index is 1070. The van der Waals surface area contributed by atoms with Crippen molar-refractivity contribution in [3.05, 3.63) is 71.8 Å². The Morgan fingerprint density at radius 2 is 1.48 bits per heavy atom. The molecule has 8 nitrogen and oxygen atoms in total. The van der Waals surface area contributed by atoms with Gasteiger partial charge in [-0.1, -0.05) is 60.7 Å². The Balaban J connectivity index is 1.14. The average molecular weight is 555 g/mol. The van der Waals surface area contributed by atoms with E-state index in [2.05, 4.69) is 31.2 Å². The summed E-state index contributed by atoms with van der Waals surface area (Å²) >= 11 is 0. The molecule has 2 aromatic rings. The first-order valence-electron chi connectivity index (χ1n) is 14.7. The van der Waals surface area contributed by atoms with E-state index in [-0.39, 0.29) is 49.3 Å². The normalized spacial score (nSPS) is 39.4. The summed E-state index contributed by atoms with van der Waals surface area (Å²) in [5.74, 6) is 0. The van der Waals surface area contributed by atoms with E-state index in [0.29, 0.717) is 39.1 Å². The van der Waals surface area contributed by atoms with E-state index in [4.69, 9.17) is 28.4 Å². The van der Waals surface area contributed by atoms with E-state index >= 15 is 0 Å². The Labute approximate surface area is 236 Å². The summed E-state index contributed by atoms with van der Waals surface area (Å²) in [5, 5.41) is 20.1. The van der Waals surface area contributed by atoms with Gasteiger partial charge in [0, 0.05) is 19.3 Å². The van der Waals surface area contributed by atoms with E-state index in [1.54, 1.807) is 0 Å². The monoisotopic (exact) mass is 554 g/mol. The number of hydrogen-bond donors (Lipinski definition) is 2. The second-order valence-electron chi connectivity index (χ2n) is 11.9. The highest BCUT2D eigenvalue weighted by atomic mass is 16.6. The topological polar surface area (TPSA) is 95.8 Å². The quantitative estimate of drug-likeness (QED) is 0.512. The molecule has 0 saturated carbocycles. The predicted molar refractivity (Wildman–Crippen MR) is 147 cm³/mol. The number of benzene rings is 2. The van der Waals surface area contributed by atoms with Crippen LogP contribution in [0.15, 0.2) is 60.7 Å². The highest BCUT2D eigenvalue weighted by Crippen LogP contribution is 2.45. The number of aliphatic hydroxyl groups is 2. The molecular formula is C32H42O8. The van der Waals surface area contributed by atoms with Crippen molar-refractivity contribution in [3.8, 4) is 0 Å². The summed E-state index contributed by atoms with van der Waals surface area (Å²) in [6.45, 7) is 3.36. The zero-order valence-electron chi connectivity index (χ0n) is 23.2. The van der Waals surface area contributed by atoms with Gasteiger partial charge in [0.2, 0.25) is 0 Å². The molecule has 2 N–H and O–H groups in total. The van der Waals surface area contributed by atoms with Crippen LogP contribution in [-0.4, -0.2) is 84.0 Å². The summed E-state index contributed by atoms with van der Waals surface area (Å²) in [5.41, 5.74) is 1.74. The maximum Gasteiger partial charge on any atom is 0.108 e. The average Bonchev–Trinajstić information content (AvgIpc) is 3.11. The van der Waals surface area contributed by atoms with Gasteiger partial charge in [-0.15, -0.1) is 0 Å². The molecule has 40 heavy (non-hydrogen) atoms. The fourth-order valence-electron chi connectivity index (χ4n) is 6.68. The highest BCUT2D eigenvalue weighted by Gasteiger charge is 2.54. The van der Waals surface area contributed by atoms with Gasteiger partial charge in [0.25, 0.3) is 0 Å². The van der Waals surface area contributed by atoms with Crippen LogP contribution in [0.5, 0.6) is 0 Å². The van der Waals surface area contributed by atoms with Crippen molar-refractivity contribution in [2.75, 3.05) is 13.2 Å². The Hall–Kier alpha value is -1.88. The van der Waals surface area contributed by atoms with Gasteiger partial charge < -0.3 is 38.6 Å². The zero-order chi connectivity index (χ0) is 27.5. The molecule has 0 radical (unpaired) electrons. The van der Waals surface area contributed by atoms with Crippen molar-refractivity contribution in [3.63, 3.8) is 0 Å². The fraction of sp³-hybridized carbons (Fsp3) is 0.625. The Kier molecular flexibility index (Phi) is 8.86. The molecule has 6 rings (SSSR count). The molecule has 4 aliphatic heterocycles. The molecule has 4 aliphatic rings. The summed E-state index contributed by atoms with van der Waals surface area (Å²) in [4.78, 5) is 0. The third-order valence-corrected chi connectivity index (χ3v) is 9.00. The van der Waals surface area contributed by atoms with Gasteiger partial charge >= 0.3 is 0 Å². The molecular weight excluding hydrogens is 512 g/mol. The van der Waals surface area contributed by atoms with Crippen LogP contribution in [0, 0.1) is 0 Å². The lowest BCUT2D eigenvalue weighted by Crippen LogP contribution is -2.61. The summed E-state index contributed by atoms with van der Waals surface area (Å²) in [6, 6.07) is 20.3. The Morgan fingerprint density at radius 1 is 0.800 bits per heavy atom. The third kappa shape index (κ3) is 6.30. The maximum atomic E-state index is 10.4. The first-order valence-corrected chi connectivity index (χ1v) is 14.7. The molecule has 10 atom stereocenters. The number of hydrogen-bond acceptors (Lipinski definition) is 8. The fourth-order valence-corrected chi connectivity index (χ4v) is 6.68. The maximum absolute atomic E-state index is 10.4. The van der Waals surface area contributed by atoms with Crippen molar-refractivity contribution in [1.82, 2.24) is 0 Å². The summed E-state index contributed by atoms with van der Waals surface area (Å²) < 4.78 is 38.7. The van der Waals surface area contributed by atoms with Gasteiger partial charge in [0.1, 0.15) is 12.2 Å². The van der Waals surface area contributed by atoms with Crippen LogP contribution >= 0.6 is 0 Å². The van der Waals surface area contributed by atoms with Crippen LogP contribution in [0.3, 0.4) is 0 Å². The lowest BCUT2D eigenvalue weighted by Gasteiger charge is -2.51. The Morgan fingerprint density at radius 3 is 2.20 bits per heavy atom. The van der Waals surface area contributed by atoms with Crippen LogP contribution < -0.4 is 0 Å². The van der Waals surface area contributed by atoms with Crippen molar-refractivity contribution in [2.45, 2.75) is 113 Å². The highest BCUT2D eigenvalue weighted by molar-refractivity contribution is 5.14. The van der Waals surface area contributed by atoms with E-state index in [1.807, 2.05) is 36.4 Å². The number of fused-ring (bicyclic) bond motifs is 3. The second kappa shape index (κ2) is 12.5. The minimum atomic E-state index is -0.733. The van der Waals surface area contributed by atoms with Crippen molar-refractivity contribution in [2.24, 2.45) is 0 Å². The van der Waals surface area contributed by atoms with Gasteiger partial charge in [-0.2, -0.15) is 0 Å². The van der Waals surface area contributed by atoms with Gasteiger partial charge in [-0.25, -0.2) is 0 Å². The SMILES string of the molecule is C[C@]12CC[C@H]3O[C@@H](COCc4ccccc4)[C@H](OCc4ccccc4)C[C@@H]3O[C@@H]1C[C@@H]1O[C@H](CO)[C@@H](O)C[C@H]1O2. The lowest BCUT2D eigenvalue weighted by atomic mass is 9.82. The van der Waals surface area contributed by atoms with Crippen LogP contribution in [0.25, 0.3) is 0 Å². The molecule has 0 unspecified atom stereocenters. The predicted octanol–water partition coefficient (Wildman–Crippen LogP) is 3.55. The number of rotatable bonds is 8. The molecule has 0 aromatic heterocycles. The molecule has 0 amide bonds. The molecule has 4 heterocycles. The van der Waals surface area contributed by atoms with Crippen molar-refractivity contribution >= 4 is 0 Å². The van der Waals surface area contributed by atoms with Crippen LogP contribution in [0.1, 0.15) is 50.2 Å². The first-order chi connectivity index (χ1) is 19.5. The lowest BCUT2D eigenvalue weighted by molar-refractivity contribution is -0.291. The molecule has 2 aromatic carbocycles.